The van der Waals surface area contributed by atoms with Crippen LogP contribution >= 0.6 is 0 Å². The molecular weight excluding hydrogens is 288 g/mol. The van der Waals surface area contributed by atoms with Gasteiger partial charge in [0.1, 0.15) is 0 Å². The summed E-state index contributed by atoms with van der Waals surface area (Å²) in [5.41, 5.74) is 6.00. The molecule has 2 saturated carbocycles. The van der Waals surface area contributed by atoms with Crippen molar-refractivity contribution in [3.63, 3.8) is 0 Å². The molecule has 2 rings (SSSR count). The highest BCUT2D eigenvalue weighted by molar-refractivity contribution is 5.95. The van der Waals surface area contributed by atoms with Crippen molar-refractivity contribution in [1.29, 1.82) is 5.41 Å². The Morgan fingerprint density at radius 2 is 1.83 bits per heavy atom. The van der Waals surface area contributed by atoms with Gasteiger partial charge in [0.2, 0.25) is 5.91 Å². The standard InChI is InChI=1S/C18H34N4O/c1-22(17(23)11-10-14-6-3-2-4-7-14)18(20)21-13-15-8-5-9-16(19)12-15/h14-16H,2-13,19H2,1H3,(H2,20,21)/t15-,16+/m0/s1. The van der Waals surface area contributed by atoms with Gasteiger partial charge in [-0.2, -0.15) is 0 Å². The predicted molar refractivity (Wildman–Crippen MR) is 94.2 cm³/mol. The summed E-state index contributed by atoms with van der Waals surface area (Å²) in [6.45, 7) is 0.757. The monoisotopic (exact) mass is 322 g/mol. The van der Waals surface area contributed by atoms with E-state index in [1.165, 1.54) is 49.8 Å². The fourth-order valence-corrected chi connectivity index (χ4v) is 3.97. The lowest BCUT2D eigenvalue weighted by Gasteiger charge is -2.28. The van der Waals surface area contributed by atoms with Crippen molar-refractivity contribution >= 4 is 11.9 Å². The minimum absolute atomic E-state index is 0.0634. The zero-order valence-corrected chi connectivity index (χ0v) is 14.7. The molecule has 4 N–H and O–H groups in total. The number of hydrogen-bond donors (Lipinski definition) is 3. The van der Waals surface area contributed by atoms with Crippen LogP contribution in [0.2, 0.25) is 0 Å². The smallest absolute Gasteiger partial charge is 0.229 e. The number of hydrogen-bond acceptors (Lipinski definition) is 3. The summed E-state index contributed by atoms with van der Waals surface area (Å²) >= 11 is 0. The minimum Gasteiger partial charge on any atom is -0.356 e. The molecule has 2 aliphatic rings. The first-order chi connectivity index (χ1) is 11.1. The Balaban J connectivity index is 1.65. The van der Waals surface area contributed by atoms with E-state index in [-0.39, 0.29) is 11.9 Å². The second kappa shape index (κ2) is 9.26. The average Bonchev–Trinajstić information content (AvgIpc) is 2.58. The van der Waals surface area contributed by atoms with Crippen LogP contribution in [0.1, 0.15) is 70.6 Å². The van der Waals surface area contributed by atoms with E-state index in [0.717, 1.165) is 25.8 Å². The van der Waals surface area contributed by atoms with Crippen molar-refractivity contribution in [3.05, 3.63) is 0 Å². The quantitative estimate of drug-likeness (QED) is 0.537. The minimum atomic E-state index is 0.0634. The SMILES string of the molecule is CN(C(=N)NC[C@H]1CCC[C@@H](N)C1)C(=O)CCC1CCCCC1. The zero-order chi connectivity index (χ0) is 16.7. The van der Waals surface area contributed by atoms with Gasteiger partial charge in [0.25, 0.3) is 0 Å². The predicted octanol–water partition coefficient (Wildman–Crippen LogP) is 2.85. The van der Waals surface area contributed by atoms with Gasteiger partial charge in [-0.25, -0.2) is 0 Å². The van der Waals surface area contributed by atoms with Gasteiger partial charge in [0.05, 0.1) is 0 Å². The van der Waals surface area contributed by atoms with Crippen LogP contribution in [0.4, 0.5) is 0 Å². The summed E-state index contributed by atoms with van der Waals surface area (Å²) in [5, 5.41) is 11.2. The van der Waals surface area contributed by atoms with Crippen molar-refractivity contribution < 1.29 is 4.79 Å². The third kappa shape index (κ3) is 6.13. The summed E-state index contributed by atoms with van der Waals surface area (Å²) in [6, 6.07) is 0.305. The topological polar surface area (TPSA) is 82.2 Å². The van der Waals surface area contributed by atoms with Gasteiger partial charge in [-0.05, 0) is 37.5 Å². The summed E-state index contributed by atoms with van der Waals surface area (Å²) in [6.07, 6.45) is 12.6. The molecule has 23 heavy (non-hydrogen) atoms. The maximum absolute atomic E-state index is 12.3. The van der Waals surface area contributed by atoms with Crippen molar-refractivity contribution in [2.75, 3.05) is 13.6 Å². The summed E-state index contributed by atoms with van der Waals surface area (Å²) in [7, 11) is 1.71. The molecule has 0 unspecified atom stereocenters. The number of rotatable bonds is 5. The van der Waals surface area contributed by atoms with Gasteiger partial charge in [-0.1, -0.05) is 38.5 Å². The molecule has 5 nitrogen and oxygen atoms in total. The third-order valence-corrected chi connectivity index (χ3v) is 5.58. The molecule has 0 radical (unpaired) electrons. The van der Waals surface area contributed by atoms with E-state index in [2.05, 4.69) is 5.32 Å². The molecule has 0 heterocycles. The van der Waals surface area contributed by atoms with Crippen LogP contribution in [0, 0.1) is 17.2 Å². The molecule has 0 bridgehead atoms. The number of guanidine groups is 1. The van der Waals surface area contributed by atoms with Gasteiger partial charge in [0.15, 0.2) is 5.96 Å². The second-order valence-corrected chi connectivity index (χ2v) is 7.52. The molecule has 0 aromatic carbocycles. The lowest BCUT2D eigenvalue weighted by Crippen LogP contribution is -2.44. The third-order valence-electron chi connectivity index (χ3n) is 5.58. The Morgan fingerprint density at radius 3 is 2.52 bits per heavy atom. The molecule has 132 valence electrons. The molecule has 0 aliphatic heterocycles. The van der Waals surface area contributed by atoms with Crippen LogP contribution in [0.5, 0.6) is 0 Å². The fraction of sp³-hybridized carbons (Fsp3) is 0.889. The molecule has 2 aliphatic carbocycles. The molecule has 1 amide bonds. The highest BCUT2D eigenvalue weighted by Gasteiger charge is 2.21. The molecule has 0 aromatic rings. The molecule has 5 heteroatoms. The van der Waals surface area contributed by atoms with Crippen LogP contribution in [-0.4, -0.2) is 36.4 Å². The molecule has 0 spiro atoms. The number of nitrogens with two attached hydrogens (primary N) is 1. The average molecular weight is 322 g/mol. The number of carbonyl (C=O) groups excluding carboxylic acids is 1. The molecule has 2 fully saturated rings. The van der Waals surface area contributed by atoms with E-state index < -0.39 is 0 Å². The van der Waals surface area contributed by atoms with Gasteiger partial charge in [-0.15, -0.1) is 0 Å². The maximum atomic E-state index is 12.3. The van der Waals surface area contributed by atoms with Crippen molar-refractivity contribution in [2.24, 2.45) is 17.6 Å². The Kier molecular flexibility index (Phi) is 7.34. The van der Waals surface area contributed by atoms with Crippen LogP contribution in [0.25, 0.3) is 0 Å². The Bertz CT molecular complexity index is 392. The first kappa shape index (κ1) is 18.2. The second-order valence-electron chi connectivity index (χ2n) is 7.52. The number of nitrogens with one attached hydrogen (secondary N) is 2. The van der Waals surface area contributed by atoms with Crippen molar-refractivity contribution in [3.8, 4) is 0 Å². The van der Waals surface area contributed by atoms with E-state index in [9.17, 15) is 4.79 Å². The van der Waals surface area contributed by atoms with E-state index >= 15 is 0 Å². The zero-order valence-electron chi connectivity index (χ0n) is 14.7. The highest BCUT2D eigenvalue weighted by Crippen LogP contribution is 2.27. The maximum Gasteiger partial charge on any atom is 0.229 e. The van der Waals surface area contributed by atoms with Gasteiger partial charge in [0, 0.05) is 26.1 Å². The molecule has 2 atom stereocenters. The van der Waals surface area contributed by atoms with Crippen molar-refractivity contribution in [1.82, 2.24) is 10.2 Å². The molecular formula is C18H34N4O. The van der Waals surface area contributed by atoms with Gasteiger partial charge < -0.3 is 11.1 Å². The summed E-state index contributed by atoms with van der Waals surface area (Å²) in [4.78, 5) is 13.7. The largest absolute Gasteiger partial charge is 0.356 e. The van der Waals surface area contributed by atoms with E-state index in [4.69, 9.17) is 11.1 Å². The first-order valence-electron chi connectivity index (χ1n) is 9.40. The van der Waals surface area contributed by atoms with Crippen LogP contribution in [0.3, 0.4) is 0 Å². The van der Waals surface area contributed by atoms with Crippen LogP contribution in [-0.2, 0) is 4.79 Å². The first-order valence-corrected chi connectivity index (χ1v) is 9.40. The van der Waals surface area contributed by atoms with Gasteiger partial charge in [-0.3, -0.25) is 15.1 Å². The Labute approximate surface area is 140 Å². The highest BCUT2D eigenvalue weighted by atomic mass is 16.2. The van der Waals surface area contributed by atoms with Crippen LogP contribution in [0.15, 0.2) is 0 Å². The Hall–Kier alpha value is -1.10. The Morgan fingerprint density at radius 1 is 1.13 bits per heavy atom. The number of carbonyl (C=O) groups is 1. The molecule has 0 saturated heterocycles. The lowest BCUT2D eigenvalue weighted by molar-refractivity contribution is -0.126. The number of amides is 1. The molecule has 0 aromatic heterocycles. The van der Waals surface area contributed by atoms with Crippen LogP contribution < -0.4 is 11.1 Å². The lowest BCUT2D eigenvalue weighted by atomic mass is 9.86. The van der Waals surface area contributed by atoms with Crippen molar-refractivity contribution in [2.45, 2.75) is 76.7 Å². The summed E-state index contributed by atoms with van der Waals surface area (Å²) in [5.74, 6) is 1.54. The fourth-order valence-electron chi connectivity index (χ4n) is 3.97. The van der Waals surface area contributed by atoms with E-state index in [1.807, 2.05) is 0 Å². The normalized spacial score (nSPS) is 25.8. The van der Waals surface area contributed by atoms with E-state index in [1.54, 1.807) is 7.05 Å². The number of nitrogens with zero attached hydrogens (tertiary/aromatic N) is 1. The van der Waals surface area contributed by atoms with Gasteiger partial charge >= 0.3 is 0 Å². The summed E-state index contributed by atoms with van der Waals surface area (Å²) < 4.78 is 0. The van der Waals surface area contributed by atoms with E-state index in [0.29, 0.717) is 24.3 Å².